The molecule has 0 aliphatic carbocycles. The van der Waals surface area contributed by atoms with Crippen molar-refractivity contribution in [3.63, 3.8) is 0 Å². The van der Waals surface area contributed by atoms with Gasteiger partial charge < -0.3 is 19.7 Å². The average Bonchev–Trinajstić information content (AvgIpc) is 3.09. The van der Waals surface area contributed by atoms with Gasteiger partial charge in [0.05, 0.1) is 16.6 Å². The standard InChI is InChI=1S/C18H23N3O4/c1-10-9-13(25-14(10)16(23)24)15(22)20-18(2,3)17-19-11-7-5-6-8-12(11)21(17)4/h5-8,10,13-14H,9H2,1-4H3,(H,20,22)(H,23,24)/t10-,13-,14-/m1/s1. The van der Waals surface area contributed by atoms with Crippen molar-refractivity contribution in [3.05, 3.63) is 30.1 Å². The number of carboxylic acid groups (broad SMARTS) is 1. The van der Waals surface area contributed by atoms with Crippen molar-refractivity contribution < 1.29 is 19.4 Å². The van der Waals surface area contributed by atoms with Crippen LogP contribution in [0.3, 0.4) is 0 Å². The molecule has 2 heterocycles. The van der Waals surface area contributed by atoms with Gasteiger partial charge in [-0.25, -0.2) is 9.78 Å². The van der Waals surface area contributed by atoms with Crippen LogP contribution in [0.25, 0.3) is 11.0 Å². The molecule has 25 heavy (non-hydrogen) atoms. The zero-order chi connectivity index (χ0) is 18.4. The zero-order valence-electron chi connectivity index (χ0n) is 14.8. The van der Waals surface area contributed by atoms with Gasteiger partial charge in [0, 0.05) is 7.05 Å². The molecule has 1 saturated heterocycles. The normalized spacial score (nSPS) is 23.8. The molecule has 1 fully saturated rings. The van der Waals surface area contributed by atoms with Crippen LogP contribution in [-0.2, 0) is 26.9 Å². The number of carbonyl (C=O) groups excluding carboxylic acids is 1. The van der Waals surface area contributed by atoms with Crippen LogP contribution in [-0.4, -0.2) is 38.7 Å². The lowest BCUT2D eigenvalue weighted by atomic mass is 10.00. The van der Waals surface area contributed by atoms with Crippen LogP contribution < -0.4 is 5.32 Å². The fraction of sp³-hybridized carbons (Fsp3) is 0.500. The van der Waals surface area contributed by atoms with E-state index in [2.05, 4.69) is 10.3 Å². The molecule has 0 spiro atoms. The quantitative estimate of drug-likeness (QED) is 0.881. The summed E-state index contributed by atoms with van der Waals surface area (Å²) in [5.41, 5.74) is 1.12. The van der Waals surface area contributed by atoms with Gasteiger partial charge in [0.15, 0.2) is 6.10 Å². The number of nitrogens with one attached hydrogen (secondary N) is 1. The Morgan fingerprint density at radius 3 is 2.64 bits per heavy atom. The number of imidazole rings is 1. The number of aryl methyl sites for hydroxylation is 1. The number of fused-ring (bicyclic) bond motifs is 1. The average molecular weight is 345 g/mol. The van der Waals surface area contributed by atoms with Crippen LogP contribution in [0.4, 0.5) is 0 Å². The lowest BCUT2D eigenvalue weighted by Crippen LogP contribution is -2.47. The summed E-state index contributed by atoms with van der Waals surface area (Å²) in [6.45, 7) is 5.53. The van der Waals surface area contributed by atoms with Crippen LogP contribution in [0.15, 0.2) is 24.3 Å². The predicted molar refractivity (Wildman–Crippen MR) is 92.0 cm³/mol. The Morgan fingerprint density at radius 1 is 1.36 bits per heavy atom. The minimum Gasteiger partial charge on any atom is -0.479 e. The van der Waals surface area contributed by atoms with E-state index in [1.54, 1.807) is 6.92 Å². The first kappa shape index (κ1) is 17.4. The highest BCUT2D eigenvalue weighted by atomic mass is 16.5. The van der Waals surface area contributed by atoms with E-state index in [0.29, 0.717) is 6.42 Å². The molecular formula is C18H23N3O4. The van der Waals surface area contributed by atoms with Crippen molar-refractivity contribution in [2.24, 2.45) is 13.0 Å². The van der Waals surface area contributed by atoms with Crippen molar-refractivity contribution in [1.29, 1.82) is 0 Å². The maximum absolute atomic E-state index is 12.6. The summed E-state index contributed by atoms with van der Waals surface area (Å²) in [6.07, 6.45) is -1.30. The molecule has 0 radical (unpaired) electrons. The third kappa shape index (κ3) is 3.11. The van der Waals surface area contributed by atoms with E-state index in [0.717, 1.165) is 16.9 Å². The van der Waals surface area contributed by atoms with Gasteiger partial charge in [-0.2, -0.15) is 0 Å². The summed E-state index contributed by atoms with van der Waals surface area (Å²) in [7, 11) is 1.91. The molecule has 1 aromatic heterocycles. The molecule has 0 bridgehead atoms. The number of rotatable bonds is 4. The largest absolute Gasteiger partial charge is 0.479 e. The predicted octanol–water partition coefficient (Wildman–Crippen LogP) is 1.80. The van der Waals surface area contributed by atoms with Gasteiger partial charge in [-0.3, -0.25) is 4.79 Å². The smallest absolute Gasteiger partial charge is 0.333 e. The van der Waals surface area contributed by atoms with Gasteiger partial charge in [-0.15, -0.1) is 0 Å². The van der Waals surface area contributed by atoms with Gasteiger partial charge in [-0.05, 0) is 38.3 Å². The van der Waals surface area contributed by atoms with E-state index in [9.17, 15) is 9.59 Å². The van der Waals surface area contributed by atoms with Gasteiger partial charge in [0.1, 0.15) is 11.9 Å². The van der Waals surface area contributed by atoms with Crippen molar-refractivity contribution in [1.82, 2.24) is 14.9 Å². The first-order valence-corrected chi connectivity index (χ1v) is 8.33. The minimum atomic E-state index is -1.03. The van der Waals surface area contributed by atoms with Crippen molar-refractivity contribution in [2.45, 2.75) is 44.9 Å². The zero-order valence-corrected chi connectivity index (χ0v) is 14.8. The van der Waals surface area contributed by atoms with Crippen molar-refractivity contribution >= 4 is 22.9 Å². The molecule has 3 atom stereocenters. The molecule has 134 valence electrons. The topological polar surface area (TPSA) is 93.5 Å². The number of amides is 1. The number of hydrogen-bond acceptors (Lipinski definition) is 4. The maximum Gasteiger partial charge on any atom is 0.333 e. The van der Waals surface area contributed by atoms with Crippen LogP contribution in [0.2, 0.25) is 0 Å². The molecule has 1 aliphatic rings. The number of aromatic nitrogens is 2. The van der Waals surface area contributed by atoms with Gasteiger partial charge in [-0.1, -0.05) is 19.1 Å². The molecule has 3 rings (SSSR count). The maximum atomic E-state index is 12.6. The van der Waals surface area contributed by atoms with Crippen molar-refractivity contribution in [3.8, 4) is 0 Å². The lowest BCUT2D eigenvalue weighted by Gasteiger charge is -2.27. The molecule has 7 nitrogen and oxygen atoms in total. The Hall–Kier alpha value is -2.41. The van der Waals surface area contributed by atoms with E-state index < -0.39 is 23.7 Å². The van der Waals surface area contributed by atoms with E-state index >= 15 is 0 Å². The molecule has 1 aromatic carbocycles. The highest BCUT2D eigenvalue weighted by Gasteiger charge is 2.42. The Bertz CT molecular complexity index is 827. The number of aliphatic carboxylic acids is 1. The third-order valence-electron chi connectivity index (χ3n) is 4.73. The molecule has 0 saturated carbocycles. The second kappa shape index (κ2) is 6.15. The molecule has 1 amide bonds. The number of hydrogen-bond donors (Lipinski definition) is 2. The van der Waals surface area contributed by atoms with Gasteiger partial charge in [0.25, 0.3) is 0 Å². The summed E-state index contributed by atoms with van der Waals surface area (Å²) in [4.78, 5) is 28.4. The molecule has 1 aliphatic heterocycles. The highest BCUT2D eigenvalue weighted by molar-refractivity contribution is 5.84. The lowest BCUT2D eigenvalue weighted by molar-refractivity contribution is -0.153. The monoisotopic (exact) mass is 345 g/mol. The molecule has 0 unspecified atom stereocenters. The fourth-order valence-corrected chi connectivity index (χ4v) is 3.45. The Morgan fingerprint density at radius 2 is 2.04 bits per heavy atom. The third-order valence-corrected chi connectivity index (χ3v) is 4.73. The fourth-order valence-electron chi connectivity index (χ4n) is 3.45. The number of carbonyl (C=O) groups is 2. The summed E-state index contributed by atoms with van der Waals surface area (Å²) in [5, 5.41) is 12.1. The Labute approximate surface area is 146 Å². The van der Waals surface area contributed by atoms with Crippen molar-refractivity contribution in [2.75, 3.05) is 0 Å². The summed E-state index contributed by atoms with van der Waals surface area (Å²) >= 11 is 0. The van der Waals surface area contributed by atoms with Crippen LogP contribution in [0, 0.1) is 5.92 Å². The van der Waals surface area contributed by atoms with Gasteiger partial charge in [0.2, 0.25) is 5.91 Å². The van der Waals surface area contributed by atoms with E-state index in [4.69, 9.17) is 9.84 Å². The number of nitrogens with zero attached hydrogens (tertiary/aromatic N) is 2. The van der Waals surface area contributed by atoms with Crippen LogP contribution in [0.5, 0.6) is 0 Å². The number of ether oxygens (including phenoxy) is 1. The van der Waals surface area contributed by atoms with Crippen LogP contribution in [0.1, 0.15) is 33.0 Å². The molecule has 2 N–H and O–H groups in total. The summed E-state index contributed by atoms with van der Waals surface area (Å²) in [5.74, 6) is -0.819. The summed E-state index contributed by atoms with van der Waals surface area (Å²) in [6, 6.07) is 7.77. The number of benzene rings is 1. The Balaban J connectivity index is 1.80. The second-order valence-electron chi connectivity index (χ2n) is 7.19. The SMILES string of the molecule is C[C@@H]1C[C@H](C(=O)NC(C)(C)c2nc3ccccc3n2C)O[C@H]1C(=O)O. The van der Waals surface area contributed by atoms with E-state index in [-0.39, 0.29) is 11.8 Å². The number of para-hydroxylation sites is 2. The Kier molecular flexibility index (Phi) is 4.28. The van der Waals surface area contributed by atoms with Gasteiger partial charge >= 0.3 is 5.97 Å². The molecule has 2 aromatic rings. The first-order chi connectivity index (χ1) is 11.7. The number of carboxylic acids is 1. The first-order valence-electron chi connectivity index (χ1n) is 8.33. The summed E-state index contributed by atoms with van der Waals surface area (Å²) < 4.78 is 7.38. The minimum absolute atomic E-state index is 0.202. The highest BCUT2D eigenvalue weighted by Crippen LogP contribution is 2.28. The second-order valence-corrected chi connectivity index (χ2v) is 7.19. The van der Waals surface area contributed by atoms with Crippen LogP contribution >= 0.6 is 0 Å². The van der Waals surface area contributed by atoms with E-state index in [1.165, 1.54) is 0 Å². The van der Waals surface area contributed by atoms with E-state index in [1.807, 2.05) is 49.7 Å². The molecular weight excluding hydrogens is 322 g/mol. The molecule has 7 heteroatoms.